The van der Waals surface area contributed by atoms with Gasteiger partial charge in [-0.05, 0) is 32.9 Å². The number of rotatable bonds is 6. The number of phosphoric ester groups is 1. The lowest BCUT2D eigenvalue weighted by atomic mass is 10.2. The predicted molar refractivity (Wildman–Crippen MR) is 74.7 cm³/mol. The van der Waals surface area contributed by atoms with Gasteiger partial charge in [0.2, 0.25) is 0 Å². The van der Waals surface area contributed by atoms with Gasteiger partial charge in [0.1, 0.15) is 6.10 Å². The topological polar surface area (TPSA) is 44.8 Å². The lowest BCUT2D eigenvalue weighted by molar-refractivity contribution is 0.109. The van der Waals surface area contributed by atoms with Crippen molar-refractivity contribution in [2.24, 2.45) is 0 Å². The van der Waals surface area contributed by atoms with Crippen LogP contribution in [0.2, 0.25) is 0 Å². The van der Waals surface area contributed by atoms with Crippen molar-refractivity contribution in [3.8, 4) is 11.8 Å². The van der Waals surface area contributed by atoms with E-state index in [-0.39, 0.29) is 13.2 Å². The molecule has 0 amide bonds. The Morgan fingerprint density at radius 3 is 2.26 bits per heavy atom. The Labute approximate surface area is 114 Å². The van der Waals surface area contributed by atoms with E-state index < -0.39 is 13.9 Å². The molecule has 0 bridgehead atoms. The normalized spacial score (nSPS) is 12.6. The van der Waals surface area contributed by atoms with Crippen LogP contribution in [0.3, 0.4) is 0 Å². The lowest BCUT2D eigenvalue weighted by Crippen LogP contribution is -2.08. The second kappa shape index (κ2) is 8.14. The molecule has 5 heteroatoms. The van der Waals surface area contributed by atoms with Crippen molar-refractivity contribution in [3.63, 3.8) is 0 Å². The van der Waals surface area contributed by atoms with Crippen molar-refractivity contribution >= 4 is 7.82 Å². The summed E-state index contributed by atoms with van der Waals surface area (Å²) in [6.07, 6.45) is -0.538. The molecule has 0 N–H and O–H groups in total. The molecule has 0 saturated heterocycles. The summed E-state index contributed by atoms with van der Waals surface area (Å²) in [5.41, 5.74) is 0.876. The van der Waals surface area contributed by atoms with Gasteiger partial charge >= 0.3 is 7.82 Å². The molecule has 0 aliphatic heterocycles. The van der Waals surface area contributed by atoms with Gasteiger partial charge in [-0.25, -0.2) is 4.57 Å². The van der Waals surface area contributed by atoms with Gasteiger partial charge < -0.3 is 0 Å². The summed E-state index contributed by atoms with van der Waals surface area (Å²) in [6, 6.07) is 9.51. The van der Waals surface area contributed by atoms with Crippen LogP contribution in [0.5, 0.6) is 0 Å². The van der Waals surface area contributed by atoms with E-state index in [1.54, 1.807) is 20.8 Å². The minimum absolute atomic E-state index is 0.260. The Hall–Kier alpha value is -1.11. The predicted octanol–water partition coefficient (Wildman–Crippen LogP) is 3.62. The van der Waals surface area contributed by atoms with Gasteiger partial charge in [0, 0.05) is 5.56 Å². The van der Waals surface area contributed by atoms with E-state index in [4.69, 9.17) is 13.6 Å². The first kappa shape index (κ1) is 15.9. The van der Waals surface area contributed by atoms with E-state index in [0.29, 0.717) is 0 Å². The Morgan fingerprint density at radius 2 is 1.74 bits per heavy atom. The van der Waals surface area contributed by atoms with Crippen molar-refractivity contribution < 1.29 is 18.1 Å². The maximum atomic E-state index is 12.1. The van der Waals surface area contributed by atoms with Crippen LogP contribution >= 0.6 is 7.82 Å². The average Bonchev–Trinajstić information content (AvgIpc) is 2.38. The van der Waals surface area contributed by atoms with Crippen LogP contribution in [0.4, 0.5) is 0 Å². The molecule has 0 aromatic heterocycles. The summed E-state index contributed by atoms with van der Waals surface area (Å²) in [4.78, 5) is 0. The molecule has 19 heavy (non-hydrogen) atoms. The summed E-state index contributed by atoms with van der Waals surface area (Å²) in [6.45, 7) is 5.69. The molecule has 0 saturated carbocycles. The largest absolute Gasteiger partial charge is 0.475 e. The summed E-state index contributed by atoms with van der Waals surface area (Å²) >= 11 is 0. The van der Waals surface area contributed by atoms with Crippen molar-refractivity contribution in [2.75, 3.05) is 13.2 Å². The molecular weight excluding hydrogens is 263 g/mol. The van der Waals surface area contributed by atoms with Gasteiger partial charge in [0.05, 0.1) is 13.2 Å². The maximum absolute atomic E-state index is 12.1. The molecule has 4 nitrogen and oxygen atoms in total. The zero-order valence-corrected chi connectivity index (χ0v) is 12.4. The van der Waals surface area contributed by atoms with Crippen LogP contribution in [0, 0.1) is 11.8 Å². The summed E-state index contributed by atoms with van der Waals surface area (Å²) < 4.78 is 27.5. The minimum atomic E-state index is -3.50. The number of benzene rings is 1. The van der Waals surface area contributed by atoms with E-state index in [1.807, 2.05) is 30.3 Å². The molecule has 0 aliphatic carbocycles. The fraction of sp³-hybridized carbons (Fsp3) is 0.429. The maximum Gasteiger partial charge on any atom is 0.475 e. The first-order valence-electron chi connectivity index (χ1n) is 6.23. The van der Waals surface area contributed by atoms with Crippen LogP contribution in [0.25, 0.3) is 0 Å². The first-order chi connectivity index (χ1) is 9.09. The number of phosphoric acid groups is 1. The van der Waals surface area contributed by atoms with E-state index in [1.165, 1.54) is 0 Å². The molecule has 1 rings (SSSR count). The lowest BCUT2D eigenvalue weighted by Gasteiger charge is -2.17. The van der Waals surface area contributed by atoms with E-state index >= 15 is 0 Å². The Balaban J connectivity index is 2.66. The Bertz CT molecular complexity index is 465. The highest BCUT2D eigenvalue weighted by Crippen LogP contribution is 2.50. The van der Waals surface area contributed by atoms with Gasteiger partial charge in [-0.2, -0.15) is 0 Å². The quantitative estimate of drug-likeness (QED) is 0.590. The van der Waals surface area contributed by atoms with Crippen molar-refractivity contribution in [2.45, 2.75) is 26.9 Å². The molecule has 0 heterocycles. The molecule has 0 radical (unpaired) electrons. The highest BCUT2D eigenvalue weighted by Gasteiger charge is 2.27. The first-order valence-corrected chi connectivity index (χ1v) is 7.69. The highest BCUT2D eigenvalue weighted by atomic mass is 31.2. The van der Waals surface area contributed by atoms with E-state index in [9.17, 15) is 4.57 Å². The van der Waals surface area contributed by atoms with Gasteiger partial charge in [0.25, 0.3) is 0 Å². The molecule has 0 spiro atoms. The summed E-state index contributed by atoms with van der Waals surface area (Å²) in [5.74, 6) is 5.81. The van der Waals surface area contributed by atoms with Crippen LogP contribution in [0.1, 0.15) is 26.3 Å². The Kier molecular flexibility index (Phi) is 6.83. The third kappa shape index (κ3) is 6.04. The molecule has 1 aromatic rings. The summed E-state index contributed by atoms with van der Waals surface area (Å²) in [7, 11) is -3.50. The van der Waals surface area contributed by atoms with Crippen LogP contribution in [-0.4, -0.2) is 19.3 Å². The van der Waals surface area contributed by atoms with Crippen LogP contribution in [0.15, 0.2) is 30.3 Å². The van der Waals surface area contributed by atoms with Crippen molar-refractivity contribution in [1.82, 2.24) is 0 Å². The second-order valence-corrected chi connectivity index (χ2v) is 5.29. The number of hydrogen-bond donors (Lipinski definition) is 0. The molecule has 0 unspecified atom stereocenters. The molecule has 1 atom stereocenters. The van der Waals surface area contributed by atoms with Crippen LogP contribution in [-0.2, 0) is 18.1 Å². The third-order valence-corrected chi connectivity index (χ3v) is 3.78. The monoisotopic (exact) mass is 282 g/mol. The second-order valence-electron chi connectivity index (χ2n) is 3.67. The molecule has 0 aliphatic rings. The van der Waals surface area contributed by atoms with Crippen molar-refractivity contribution in [3.05, 3.63) is 35.9 Å². The highest BCUT2D eigenvalue weighted by molar-refractivity contribution is 7.48. The van der Waals surface area contributed by atoms with Crippen molar-refractivity contribution in [1.29, 1.82) is 0 Å². The fourth-order valence-electron chi connectivity index (χ4n) is 1.34. The minimum Gasteiger partial charge on any atom is -0.287 e. The average molecular weight is 282 g/mol. The molecule has 0 fully saturated rings. The third-order valence-electron chi connectivity index (χ3n) is 2.06. The van der Waals surface area contributed by atoms with E-state index in [0.717, 1.165) is 5.56 Å². The molecule has 104 valence electrons. The van der Waals surface area contributed by atoms with Gasteiger partial charge in [-0.3, -0.25) is 13.6 Å². The zero-order chi connectivity index (χ0) is 14.1. The van der Waals surface area contributed by atoms with Gasteiger partial charge in [0.15, 0.2) is 0 Å². The zero-order valence-electron chi connectivity index (χ0n) is 11.5. The molecular formula is C14H19O4P. The van der Waals surface area contributed by atoms with Gasteiger partial charge in [-0.15, -0.1) is 0 Å². The fourth-order valence-corrected chi connectivity index (χ4v) is 2.61. The summed E-state index contributed by atoms with van der Waals surface area (Å²) in [5, 5.41) is 0. The molecule has 1 aromatic carbocycles. The number of hydrogen-bond acceptors (Lipinski definition) is 4. The smallest absolute Gasteiger partial charge is 0.287 e. The standard InChI is InChI=1S/C14H19O4P/c1-4-16-19(15,17-5-2)18-13(3)11-12-14-9-7-6-8-10-14/h6-10,13H,4-5H2,1-3H3/t13-/m0/s1. The van der Waals surface area contributed by atoms with Gasteiger partial charge in [-0.1, -0.05) is 30.0 Å². The SMILES string of the molecule is CCOP(=O)(OCC)O[C@@H](C)C#Cc1ccccc1. The Morgan fingerprint density at radius 1 is 1.16 bits per heavy atom. The van der Waals surface area contributed by atoms with E-state index in [2.05, 4.69) is 11.8 Å². The van der Waals surface area contributed by atoms with Crippen LogP contribution < -0.4 is 0 Å².